The highest BCUT2D eigenvalue weighted by Crippen LogP contribution is 2.46. The second-order valence-electron chi connectivity index (χ2n) is 12.8. The fourth-order valence-corrected chi connectivity index (χ4v) is 8.12. The maximum atomic E-state index is 14.2. The number of aliphatic hydroxyl groups is 1. The van der Waals surface area contributed by atoms with Gasteiger partial charge in [0.2, 0.25) is 17.5 Å². The molecule has 3 saturated heterocycles. The number of aromatic amines is 1. The van der Waals surface area contributed by atoms with Crippen molar-refractivity contribution in [3.63, 3.8) is 0 Å². The van der Waals surface area contributed by atoms with Crippen molar-refractivity contribution in [1.29, 1.82) is 0 Å². The molecule has 0 radical (unpaired) electrons. The molecule has 0 spiro atoms. The van der Waals surface area contributed by atoms with Crippen LogP contribution in [0.2, 0.25) is 0 Å². The molecule has 6 atom stereocenters. The second-order valence-corrected chi connectivity index (χ2v) is 12.8. The van der Waals surface area contributed by atoms with Crippen molar-refractivity contribution in [2.24, 2.45) is 5.92 Å². The quantitative estimate of drug-likeness (QED) is 0.434. The van der Waals surface area contributed by atoms with E-state index in [9.17, 15) is 19.5 Å². The average Bonchev–Trinajstić information content (AvgIpc) is 3.70. The number of hydrogen-bond donors (Lipinski definition) is 3. The van der Waals surface area contributed by atoms with Crippen molar-refractivity contribution in [3.05, 3.63) is 77.5 Å². The number of rotatable bonds is 4. The first-order chi connectivity index (χ1) is 20.7. The summed E-state index contributed by atoms with van der Waals surface area (Å²) in [6.45, 7) is 2.45. The van der Waals surface area contributed by atoms with Gasteiger partial charge in [0.1, 0.15) is 12.1 Å². The van der Waals surface area contributed by atoms with Crippen LogP contribution in [-0.2, 0) is 32.0 Å². The molecule has 8 rings (SSSR count). The van der Waals surface area contributed by atoms with E-state index >= 15 is 0 Å². The lowest BCUT2D eigenvalue weighted by Crippen LogP contribution is -2.71. The Morgan fingerprint density at radius 1 is 1.16 bits per heavy atom. The molecule has 0 saturated carbocycles. The Kier molecular flexibility index (Phi) is 5.73. The lowest BCUT2D eigenvalue weighted by atomic mass is 9.79. The zero-order valence-electron chi connectivity index (χ0n) is 24.2. The molecule has 0 bridgehead atoms. The molecule has 3 aromatic rings. The molecule has 10 nitrogen and oxygen atoms in total. The smallest absolute Gasteiger partial charge is 0.280 e. The number of carbonyl (C=O) groups is 3. The van der Waals surface area contributed by atoms with Crippen molar-refractivity contribution in [3.8, 4) is 0 Å². The number of amides is 3. The molecule has 1 aromatic heterocycles. The minimum Gasteiger partial charge on any atom is -0.361 e. The highest BCUT2D eigenvalue weighted by Gasteiger charge is 2.70. The van der Waals surface area contributed by atoms with E-state index in [0.29, 0.717) is 25.9 Å². The van der Waals surface area contributed by atoms with E-state index in [1.54, 1.807) is 4.90 Å². The molecule has 10 heteroatoms. The highest BCUT2D eigenvalue weighted by atomic mass is 16.7. The number of ether oxygens (including phenoxy) is 1. The molecule has 4 aliphatic heterocycles. The molecule has 222 valence electrons. The van der Waals surface area contributed by atoms with E-state index in [0.717, 1.165) is 28.6 Å². The summed E-state index contributed by atoms with van der Waals surface area (Å²) in [4.78, 5) is 50.2. The van der Waals surface area contributed by atoms with Crippen LogP contribution in [0.5, 0.6) is 0 Å². The first-order valence-corrected chi connectivity index (χ1v) is 15.1. The topological polar surface area (TPSA) is 118 Å². The Balaban J connectivity index is 1.11. The van der Waals surface area contributed by atoms with Gasteiger partial charge in [-0.15, -0.1) is 0 Å². The van der Waals surface area contributed by atoms with Gasteiger partial charge in [-0.3, -0.25) is 28.9 Å². The number of likely N-dealkylation sites (N-methyl/N-ethyl adjacent to an activating group) is 1. The minimum atomic E-state index is -2.04. The maximum absolute atomic E-state index is 14.2. The predicted octanol–water partition coefficient (Wildman–Crippen LogP) is 1.99. The van der Waals surface area contributed by atoms with Crippen LogP contribution in [0.25, 0.3) is 16.5 Å². The monoisotopic (exact) mass is 581 g/mol. The lowest BCUT2D eigenvalue weighted by Gasteiger charge is -2.48. The van der Waals surface area contributed by atoms with Gasteiger partial charge in [-0.1, -0.05) is 48.5 Å². The standard InChI is InChI=1S/C33H35N5O5/c1-32(35-29(39)21-15-23-22-10-6-11-24-28(22)20(17-34-24)16-25(23)36(2)18-21)31(41)38-26(14-19-8-4-3-5-9-19)30(40)37-13-7-12-27(37)33(38,42)43-32/h3-6,8-11,15,17,21,25-27,34,42H,7,12-14,16,18H2,1-2H3,(H,35,39)/t21-,25-,26?,27?,32?,33?/m1/s1. The van der Waals surface area contributed by atoms with Gasteiger partial charge in [-0.2, -0.15) is 0 Å². The van der Waals surface area contributed by atoms with Crippen LogP contribution in [0.15, 0.2) is 60.8 Å². The average molecular weight is 582 g/mol. The largest absolute Gasteiger partial charge is 0.361 e. The van der Waals surface area contributed by atoms with Crippen LogP contribution in [0.1, 0.15) is 36.5 Å². The molecule has 3 amide bonds. The molecule has 5 aliphatic rings. The third kappa shape index (κ3) is 3.79. The van der Waals surface area contributed by atoms with E-state index in [1.165, 1.54) is 22.8 Å². The van der Waals surface area contributed by atoms with Gasteiger partial charge in [0.05, 0.1) is 5.92 Å². The van der Waals surface area contributed by atoms with Crippen LogP contribution < -0.4 is 5.32 Å². The van der Waals surface area contributed by atoms with Crippen molar-refractivity contribution < 1.29 is 24.2 Å². The Morgan fingerprint density at radius 2 is 1.98 bits per heavy atom. The van der Waals surface area contributed by atoms with E-state index in [-0.39, 0.29) is 24.3 Å². The van der Waals surface area contributed by atoms with Gasteiger partial charge >= 0.3 is 0 Å². The number of benzene rings is 2. The number of nitrogens with one attached hydrogen (secondary N) is 2. The summed E-state index contributed by atoms with van der Waals surface area (Å²) in [6, 6.07) is 14.1. The van der Waals surface area contributed by atoms with Crippen molar-refractivity contribution in [2.75, 3.05) is 20.1 Å². The van der Waals surface area contributed by atoms with Gasteiger partial charge in [-0.05, 0) is 61.6 Å². The molecule has 3 N–H and O–H groups in total. The van der Waals surface area contributed by atoms with Crippen molar-refractivity contribution in [1.82, 2.24) is 25.0 Å². The van der Waals surface area contributed by atoms with E-state index in [2.05, 4.69) is 33.5 Å². The SMILES string of the molecule is CN1C[C@H](C(=O)NC2(C)OC3(O)C4CCCN4C(=O)C(Cc4ccccc4)N3C2=O)C=C2c3cccc4[nH]cc(c34)C[C@H]21. The number of fused-ring (bicyclic) bond motifs is 5. The molecule has 4 unspecified atom stereocenters. The number of nitrogens with zero attached hydrogens (tertiary/aromatic N) is 3. The molecular formula is C33H35N5O5. The van der Waals surface area contributed by atoms with E-state index in [1.807, 2.05) is 49.5 Å². The summed E-state index contributed by atoms with van der Waals surface area (Å²) in [5.74, 6) is -3.77. The van der Waals surface area contributed by atoms with Crippen LogP contribution in [0.3, 0.4) is 0 Å². The molecule has 2 aromatic carbocycles. The number of H-pyrrole nitrogens is 1. The number of carbonyl (C=O) groups excluding carboxylic acids is 3. The first-order valence-electron chi connectivity index (χ1n) is 15.1. The third-order valence-corrected chi connectivity index (χ3v) is 10.1. The summed E-state index contributed by atoms with van der Waals surface area (Å²) in [5, 5.41) is 16.1. The zero-order valence-corrected chi connectivity index (χ0v) is 24.2. The Bertz CT molecular complexity index is 1700. The molecule has 5 heterocycles. The summed E-state index contributed by atoms with van der Waals surface area (Å²) in [7, 11) is 2.02. The van der Waals surface area contributed by atoms with Gasteiger partial charge in [-0.25, -0.2) is 0 Å². The number of hydrogen-bond acceptors (Lipinski definition) is 6. The highest BCUT2D eigenvalue weighted by molar-refractivity contribution is 6.00. The van der Waals surface area contributed by atoms with Crippen LogP contribution in [0, 0.1) is 5.92 Å². The Hall–Kier alpha value is -3.99. The van der Waals surface area contributed by atoms with Crippen molar-refractivity contribution >= 4 is 34.2 Å². The van der Waals surface area contributed by atoms with E-state index in [4.69, 9.17) is 4.74 Å². The van der Waals surface area contributed by atoms with Gasteiger partial charge in [0.25, 0.3) is 11.8 Å². The molecule has 3 fully saturated rings. The summed E-state index contributed by atoms with van der Waals surface area (Å²) >= 11 is 0. The molecule has 1 aliphatic carbocycles. The van der Waals surface area contributed by atoms with Crippen LogP contribution >= 0.6 is 0 Å². The predicted molar refractivity (Wildman–Crippen MR) is 158 cm³/mol. The first kappa shape index (κ1) is 26.6. The van der Waals surface area contributed by atoms with Crippen molar-refractivity contribution in [2.45, 2.75) is 62.4 Å². The number of piperazine rings is 1. The number of aromatic nitrogens is 1. The third-order valence-electron chi connectivity index (χ3n) is 10.1. The lowest BCUT2D eigenvalue weighted by molar-refractivity contribution is -0.315. The van der Waals surface area contributed by atoms with Crippen LogP contribution in [0.4, 0.5) is 0 Å². The fraction of sp³-hybridized carbons (Fsp3) is 0.424. The zero-order chi connectivity index (χ0) is 29.7. The second kappa shape index (κ2) is 9.25. The molecule has 43 heavy (non-hydrogen) atoms. The summed E-state index contributed by atoms with van der Waals surface area (Å²) in [5.41, 5.74) is 3.58. The van der Waals surface area contributed by atoms with Gasteiger partial charge < -0.3 is 20.3 Å². The fourth-order valence-electron chi connectivity index (χ4n) is 8.12. The maximum Gasteiger partial charge on any atom is 0.280 e. The minimum absolute atomic E-state index is 0.144. The van der Waals surface area contributed by atoms with Gasteiger partial charge in [0.15, 0.2) is 0 Å². The Morgan fingerprint density at radius 3 is 2.79 bits per heavy atom. The summed E-state index contributed by atoms with van der Waals surface area (Å²) in [6.07, 6.45) is 6.38. The van der Waals surface area contributed by atoms with E-state index < -0.39 is 35.5 Å². The van der Waals surface area contributed by atoms with Gasteiger partial charge in [0, 0.05) is 42.7 Å². The summed E-state index contributed by atoms with van der Waals surface area (Å²) < 4.78 is 6.23. The molecular weight excluding hydrogens is 546 g/mol. The normalized spacial score (nSPS) is 33.3. The van der Waals surface area contributed by atoms with Crippen LogP contribution in [-0.4, -0.2) is 92.4 Å². The Labute approximate surface area is 249 Å².